The molecule has 22 heavy (non-hydrogen) atoms. The number of aryl methyl sites for hydroxylation is 1. The summed E-state index contributed by atoms with van der Waals surface area (Å²) in [5, 5.41) is 6.77. The van der Waals surface area contributed by atoms with Crippen LogP contribution in [-0.2, 0) is 9.63 Å². The molecule has 1 aliphatic rings. The van der Waals surface area contributed by atoms with Gasteiger partial charge in [0, 0.05) is 22.7 Å². The van der Waals surface area contributed by atoms with E-state index in [1.807, 2.05) is 43.3 Å². The van der Waals surface area contributed by atoms with Crippen LogP contribution in [0.1, 0.15) is 17.5 Å². The molecule has 2 aromatic rings. The Morgan fingerprint density at radius 2 is 2.23 bits per heavy atom. The fraction of sp³-hybridized carbons (Fsp3) is 0.188. The minimum Gasteiger partial charge on any atom is -0.382 e. The zero-order valence-electron chi connectivity index (χ0n) is 11.9. The molecule has 0 fully saturated rings. The Balaban J connectivity index is 1.65. The molecular weight excluding hydrogens is 346 g/mol. The summed E-state index contributed by atoms with van der Waals surface area (Å²) in [4.78, 5) is 21.6. The largest absolute Gasteiger partial charge is 0.382 e. The van der Waals surface area contributed by atoms with E-state index in [0.717, 1.165) is 21.3 Å². The first-order valence-electron chi connectivity index (χ1n) is 6.84. The van der Waals surface area contributed by atoms with Gasteiger partial charge in [0.05, 0.1) is 5.71 Å². The molecular formula is C16H14BrN3O2. The van der Waals surface area contributed by atoms with Crippen molar-refractivity contribution in [1.29, 1.82) is 0 Å². The zero-order chi connectivity index (χ0) is 15.5. The second-order valence-corrected chi connectivity index (χ2v) is 5.97. The number of anilines is 1. The lowest BCUT2D eigenvalue weighted by molar-refractivity contribution is -0.125. The summed E-state index contributed by atoms with van der Waals surface area (Å²) in [6, 6.07) is 11.4. The molecule has 0 radical (unpaired) electrons. The third-order valence-corrected chi connectivity index (χ3v) is 3.78. The molecule has 0 saturated heterocycles. The van der Waals surface area contributed by atoms with Crippen molar-refractivity contribution in [2.45, 2.75) is 19.4 Å². The molecule has 1 aliphatic heterocycles. The van der Waals surface area contributed by atoms with Crippen LogP contribution in [0.25, 0.3) is 0 Å². The summed E-state index contributed by atoms with van der Waals surface area (Å²) in [6.45, 7) is 1.94. The van der Waals surface area contributed by atoms with E-state index in [1.54, 1.807) is 6.20 Å². The van der Waals surface area contributed by atoms with Crippen LogP contribution in [0.2, 0.25) is 0 Å². The van der Waals surface area contributed by atoms with E-state index in [4.69, 9.17) is 4.84 Å². The van der Waals surface area contributed by atoms with Crippen molar-refractivity contribution in [2.75, 3.05) is 5.32 Å². The monoisotopic (exact) mass is 359 g/mol. The van der Waals surface area contributed by atoms with Crippen molar-refractivity contribution < 1.29 is 9.63 Å². The number of oxime groups is 1. The molecule has 1 atom stereocenters. The molecule has 112 valence electrons. The Hall–Kier alpha value is -2.21. The van der Waals surface area contributed by atoms with Crippen molar-refractivity contribution in [3.05, 3.63) is 58.2 Å². The first-order chi connectivity index (χ1) is 10.6. The molecule has 0 aliphatic carbocycles. The van der Waals surface area contributed by atoms with Crippen LogP contribution in [0.15, 0.2) is 52.2 Å². The molecule has 1 amide bonds. The maximum Gasteiger partial charge on any atom is 0.269 e. The molecule has 5 nitrogen and oxygen atoms in total. The molecule has 0 bridgehead atoms. The Labute approximate surface area is 136 Å². The SMILES string of the molecule is Cc1ccnc(NC(=O)C2CC(c3cccc(Br)c3)=NO2)c1. The standard InChI is InChI=1S/C16H14BrN3O2/c1-10-5-6-18-15(7-10)19-16(21)14-9-13(20-22-14)11-3-2-4-12(17)8-11/h2-8,14H,9H2,1H3,(H,18,19,21). The first kappa shape index (κ1) is 14.7. The zero-order valence-corrected chi connectivity index (χ0v) is 13.5. The summed E-state index contributed by atoms with van der Waals surface area (Å²) in [5.74, 6) is 0.274. The molecule has 3 rings (SSSR count). The third kappa shape index (κ3) is 3.33. The lowest BCUT2D eigenvalue weighted by Gasteiger charge is -2.09. The van der Waals surface area contributed by atoms with E-state index in [2.05, 4.69) is 31.4 Å². The molecule has 1 aromatic heterocycles. The number of hydrogen-bond donors (Lipinski definition) is 1. The van der Waals surface area contributed by atoms with Crippen LogP contribution in [0.4, 0.5) is 5.82 Å². The van der Waals surface area contributed by atoms with E-state index in [-0.39, 0.29) is 5.91 Å². The number of nitrogens with zero attached hydrogens (tertiary/aromatic N) is 2. The molecule has 0 spiro atoms. The summed E-state index contributed by atoms with van der Waals surface area (Å²) < 4.78 is 0.963. The number of hydrogen-bond acceptors (Lipinski definition) is 4. The van der Waals surface area contributed by atoms with Gasteiger partial charge in [-0.05, 0) is 36.8 Å². The topological polar surface area (TPSA) is 63.6 Å². The minimum absolute atomic E-state index is 0.244. The minimum atomic E-state index is -0.628. The van der Waals surface area contributed by atoms with Crippen molar-refractivity contribution in [1.82, 2.24) is 4.98 Å². The predicted molar refractivity (Wildman–Crippen MR) is 87.8 cm³/mol. The van der Waals surface area contributed by atoms with E-state index in [9.17, 15) is 4.79 Å². The number of nitrogens with one attached hydrogen (secondary N) is 1. The lowest BCUT2D eigenvalue weighted by Crippen LogP contribution is -2.28. The molecule has 1 aromatic carbocycles. The second kappa shape index (κ2) is 6.27. The van der Waals surface area contributed by atoms with E-state index < -0.39 is 6.10 Å². The van der Waals surface area contributed by atoms with Crippen LogP contribution in [0, 0.1) is 6.92 Å². The number of pyridine rings is 1. The van der Waals surface area contributed by atoms with Gasteiger partial charge in [0.15, 0.2) is 0 Å². The molecule has 2 heterocycles. The fourth-order valence-electron chi connectivity index (χ4n) is 2.17. The van der Waals surface area contributed by atoms with Gasteiger partial charge in [-0.1, -0.05) is 33.2 Å². The summed E-state index contributed by atoms with van der Waals surface area (Å²) in [6.07, 6.45) is 1.47. The number of carbonyl (C=O) groups excluding carboxylic acids is 1. The van der Waals surface area contributed by atoms with Crippen molar-refractivity contribution in [3.8, 4) is 0 Å². The van der Waals surface area contributed by atoms with Crippen molar-refractivity contribution >= 4 is 33.4 Å². The predicted octanol–water partition coefficient (Wildman–Crippen LogP) is 3.28. The second-order valence-electron chi connectivity index (χ2n) is 5.05. The third-order valence-electron chi connectivity index (χ3n) is 3.29. The fourth-order valence-corrected chi connectivity index (χ4v) is 2.57. The summed E-state index contributed by atoms with van der Waals surface area (Å²) in [7, 11) is 0. The van der Waals surface area contributed by atoms with Gasteiger partial charge in [-0.15, -0.1) is 0 Å². The molecule has 6 heteroatoms. The maximum absolute atomic E-state index is 12.2. The van der Waals surface area contributed by atoms with Gasteiger partial charge < -0.3 is 10.2 Å². The number of halogens is 1. The van der Waals surface area contributed by atoms with Gasteiger partial charge in [0.1, 0.15) is 5.82 Å². The van der Waals surface area contributed by atoms with E-state index in [1.165, 1.54) is 0 Å². The van der Waals surface area contributed by atoms with Gasteiger partial charge >= 0.3 is 0 Å². The van der Waals surface area contributed by atoms with Crippen LogP contribution in [-0.4, -0.2) is 22.7 Å². The van der Waals surface area contributed by atoms with Gasteiger partial charge in [-0.2, -0.15) is 0 Å². The number of aromatic nitrogens is 1. The lowest BCUT2D eigenvalue weighted by atomic mass is 10.0. The highest BCUT2D eigenvalue weighted by Gasteiger charge is 2.29. The average Bonchev–Trinajstić information content (AvgIpc) is 2.97. The molecule has 0 saturated carbocycles. The smallest absolute Gasteiger partial charge is 0.269 e. The first-order valence-corrected chi connectivity index (χ1v) is 7.63. The van der Waals surface area contributed by atoms with Gasteiger partial charge in [-0.3, -0.25) is 4.79 Å². The highest BCUT2D eigenvalue weighted by molar-refractivity contribution is 9.10. The highest BCUT2D eigenvalue weighted by Crippen LogP contribution is 2.20. The quantitative estimate of drug-likeness (QED) is 0.914. The molecule has 1 unspecified atom stereocenters. The van der Waals surface area contributed by atoms with Gasteiger partial charge in [-0.25, -0.2) is 4.98 Å². The Kier molecular flexibility index (Phi) is 4.20. The Morgan fingerprint density at radius 1 is 1.36 bits per heavy atom. The number of carbonyl (C=O) groups is 1. The number of amides is 1. The molecule has 1 N–H and O–H groups in total. The number of rotatable bonds is 3. The Morgan fingerprint density at radius 3 is 3.00 bits per heavy atom. The number of benzene rings is 1. The maximum atomic E-state index is 12.2. The van der Waals surface area contributed by atoms with Gasteiger partial charge in [0.25, 0.3) is 5.91 Å². The van der Waals surface area contributed by atoms with Crippen LogP contribution < -0.4 is 5.32 Å². The van der Waals surface area contributed by atoms with Crippen molar-refractivity contribution in [2.24, 2.45) is 5.16 Å². The van der Waals surface area contributed by atoms with Crippen LogP contribution in [0.3, 0.4) is 0 Å². The van der Waals surface area contributed by atoms with Crippen molar-refractivity contribution in [3.63, 3.8) is 0 Å². The highest BCUT2D eigenvalue weighted by atomic mass is 79.9. The normalized spacial score (nSPS) is 16.8. The van der Waals surface area contributed by atoms with E-state index >= 15 is 0 Å². The van der Waals surface area contributed by atoms with Crippen LogP contribution in [0.5, 0.6) is 0 Å². The summed E-state index contributed by atoms with van der Waals surface area (Å²) in [5.41, 5.74) is 2.74. The van der Waals surface area contributed by atoms with Gasteiger partial charge in [0.2, 0.25) is 6.10 Å². The van der Waals surface area contributed by atoms with E-state index in [0.29, 0.717) is 12.2 Å². The summed E-state index contributed by atoms with van der Waals surface area (Å²) >= 11 is 3.42. The Bertz CT molecular complexity index is 746. The van der Waals surface area contributed by atoms with Crippen LogP contribution >= 0.6 is 15.9 Å². The average molecular weight is 360 g/mol.